The Hall–Kier alpha value is -1.96. The summed E-state index contributed by atoms with van der Waals surface area (Å²) >= 11 is 0. The molecule has 0 unspecified atom stereocenters. The number of carbonyl (C=O) groups is 2. The first-order chi connectivity index (χ1) is 19.2. The third-order valence-electron chi connectivity index (χ3n) is 7.25. The fraction of sp³-hybridized carbons (Fsp3) is 0.857. The lowest BCUT2D eigenvalue weighted by molar-refractivity contribution is -0.291. The molecule has 6 N–H and O–H groups in total. The van der Waals surface area contributed by atoms with Crippen molar-refractivity contribution in [2.75, 3.05) is 13.2 Å². The molecule has 0 amide bonds. The average Bonchev–Trinajstić information content (AvgIpc) is 3.22. The minimum Gasteiger partial charge on any atom is -0.505 e. The molecule has 7 atom stereocenters. The van der Waals surface area contributed by atoms with E-state index in [1.807, 2.05) is 0 Å². The van der Waals surface area contributed by atoms with Crippen LogP contribution >= 0.6 is 0 Å². The van der Waals surface area contributed by atoms with Gasteiger partial charge in [0.25, 0.3) is 0 Å². The van der Waals surface area contributed by atoms with Crippen molar-refractivity contribution in [1.29, 1.82) is 0 Å². The standard InChI is InChI=1S/C28H48O12/c1-2-3-4-5-6-7-8-9-10-11-12-13-14-15-20(31)37-17-18(30)25-24(35)26(27(36)39-25)40-28-23(34)22(33)21(32)19(16-29)38-28/h18-19,21-23,25,28-30,32-35H,2-17H2,1H3/t18-,19+,21+,22-,23+,25+,28+/m0/s1. The van der Waals surface area contributed by atoms with E-state index in [1.165, 1.54) is 57.8 Å². The van der Waals surface area contributed by atoms with E-state index < -0.39 is 79.6 Å². The molecule has 40 heavy (non-hydrogen) atoms. The molecule has 0 saturated carbocycles. The quantitative estimate of drug-likeness (QED) is 0.0912. The molecule has 232 valence electrons. The van der Waals surface area contributed by atoms with Gasteiger partial charge in [-0.1, -0.05) is 84.0 Å². The zero-order chi connectivity index (χ0) is 29.5. The normalized spacial score (nSPS) is 27.5. The summed E-state index contributed by atoms with van der Waals surface area (Å²) in [6.45, 7) is 0.973. The van der Waals surface area contributed by atoms with Crippen molar-refractivity contribution < 1.29 is 59.2 Å². The Bertz CT molecular complexity index is 785. The maximum absolute atomic E-state index is 12.2. The Labute approximate surface area is 235 Å². The number of cyclic esters (lactones) is 1. The van der Waals surface area contributed by atoms with E-state index in [4.69, 9.17) is 18.9 Å². The Morgan fingerprint density at radius 3 is 1.98 bits per heavy atom. The highest BCUT2D eigenvalue weighted by Crippen LogP contribution is 2.29. The summed E-state index contributed by atoms with van der Waals surface area (Å²) in [5, 5.41) is 59.7. The molecule has 1 fully saturated rings. The molecule has 12 nitrogen and oxygen atoms in total. The van der Waals surface area contributed by atoms with E-state index in [0.29, 0.717) is 6.42 Å². The molecule has 2 aliphatic heterocycles. The second-order valence-corrected chi connectivity index (χ2v) is 10.6. The molecule has 0 aromatic carbocycles. The second-order valence-electron chi connectivity index (χ2n) is 10.6. The molecule has 0 aromatic rings. The number of aliphatic hydroxyl groups excluding tert-OH is 6. The van der Waals surface area contributed by atoms with Crippen LogP contribution in [0.25, 0.3) is 0 Å². The first-order valence-corrected chi connectivity index (χ1v) is 14.7. The van der Waals surface area contributed by atoms with Crippen molar-refractivity contribution in [3.63, 3.8) is 0 Å². The number of rotatable bonds is 20. The molecule has 2 aliphatic rings. The highest BCUT2D eigenvalue weighted by atomic mass is 16.7. The van der Waals surface area contributed by atoms with Gasteiger partial charge in [0, 0.05) is 6.42 Å². The zero-order valence-electron chi connectivity index (χ0n) is 23.5. The average molecular weight is 577 g/mol. The molecule has 0 radical (unpaired) electrons. The van der Waals surface area contributed by atoms with Crippen LogP contribution in [0.3, 0.4) is 0 Å². The summed E-state index contributed by atoms with van der Waals surface area (Å²) < 4.78 is 20.3. The monoisotopic (exact) mass is 576 g/mol. The highest BCUT2D eigenvalue weighted by molar-refractivity contribution is 5.89. The van der Waals surface area contributed by atoms with Crippen LogP contribution < -0.4 is 0 Å². The van der Waals surface area contributed by atoms with Gasteiger partial charge in [0.05, 0.1) is 6.61 Å². The van der Waals surface area contributed by atoms with Crippen molar-refractivity contribution in [2.45, 2.75) is 140 Å². The van der Waals surface area contributed by atoms with E-state index >= 15 is 0 Å². The molecule has 1 saturated heterocycles. The predicted octanol–water partition coefficient (Wildman–Crippen LogP) is 1.88. The van der Waals surface area contributed by atoms with Crippen LogP contribution in [0.1, 0.15) is 96.8 Å². The van der Waals surface area contributed by atoms with Crippen LogP contribution in [-0.4, -0.2) is 98.7 Å². The number of carbonyl (C=O) groups excluding carboxylic acids is 2. The summed E-state index contributed by atoms with van der Waals surface area (Å²) in [6.07, 6.45) is 4.16. The zero-order valence-corrected chi connectivity index (χ0v) is 23.5. The SMILES string of the molecule is CCCCCCCCCCCCCCCC(=O)OC[C@H](O)[C@H]1OC(=O)C(O[C@H]2O[C@H](CO)[C@@H](O)[C@H](O)[C@H]2O)=C1O. The van der Waals surface area contributed by atoms with Crippen molar-refractivity contribution in [2.24, 2.45) is 0 Å². The van der Waals surface area contributed by atoms with Gasteiger partial charge in [0.15, 0.2) is 11.9 Å². The molecular formula is C28H48O12. The van der Waals surface area contributed by atoms with Crippen molar-refractivity contribution >= 4 is 11.9 Å². The van der Waals surface area contributed by atoms with Crippen LogP contribution in [0.4, 0.5) is 0 Å². The van der Waals surface area contributed by atoms with Gasteiger partial charge in [-0.05, 0) is 6.42 Å². The second kappa shape index (κ2) is 18.5. The van der Waals surface area contributed by atoms with Crippen molar-refractivity contribution in [3.8, 4) is 0 Å². The molecule has 0 spiro atoms. The first-order valence-electron chi connectivity index (χ1n) is 14.7. The van der Waals surface area contributed by atoms with Crippen LogP contribution in [0, 0.1) is 0 Å². The minimum atomic E-state index is -1.82. The fourth-order valence-corrected chi connectivity index (χ4v) is 4.73. The lowest BCUT2D eigenvalue weighted by Crippen LogP contribution is -2.59. The minimum absolute atomic E-state index is 0.183. The lowest BCUT2D eigenvalue weighted by Gasteiger charge is -2.39. The summed E-state index contributed by atoms with van der Waals surface area (Å²) in [6, 6.07) is 0. The molecule has 12 heteroatoms. The Balaban J connectivity index is 1.62. The molecule has 0 aliphatic carbocycles. The number of unbranched alkanes of at least 4 members (excludes halogenated alkanes) is 12. The fourth-order valence-electron chi connectivity index (χ4n) is 4.73. The molecule has 0 aromatic heterocycles. The topological polar surface area (TPSA) is 192 Å². The third-order valence-corrected chi connectivity index (χ3v) is 7.25. The molecule has 2 rings (SSSR count). The number of aliphatic hydroxyl groups is 6. The first kappa shape index (κ1) is 34.2. The number of esters is 2. The van der Waals surface area contributed by atoms with Gasteiger partial charge >= 0.3 is 11.9 Å². The van der Waals surface area contributed by atoms with Gasteiger partial charge in [-0.25, -0.2) is 4.79 Å². The van der Waals surface area contributed by atoms with Crippen LogP contribution in [-0.2, 0) is 28.5 Å². The maximum atomic E-state index is 12.2. The maximum Gasteiger partial charge on any atom is 0.378 e. The van der Waals surface area contributed by atoms with Crippen molar-refractivity contribution in [3.05, 3.63) is 11.5 Å². The van der Waals surface area contributed by atoms with E-state index in [2.05, 4.69) is 6.92 Å². The number of hydrogen-bond donors (Lipinski definition) is 6. The van der Waals surface area contributed by atoms with Gasteiger partial charge in [-0.15, -0.1) is 0 Å². The van der Waals surface area contributed by atoms with Gasteiger partial charge < -0.3 is 49.6 Å². The highest BCUT2D eigenvalue weighted by Gasteiger charge is 2.48. The van der Waals surface area contributed by atoms with Gasteiger partial charge in [0.1, 0.15) is 37.1 Å². The molecule has 0 bridgehead atoms. The molecular weight excluding hydrogens is 528 g/mol. The van der Waals surface area contributed by atoms with E-state index in [1.54, 1.807) is 0 Å². The third kappa shape index (κ3) is 10.8. The lowest BCUT2D eigenvalue weighted by atomic mass is 9.99. The van der Waals surface area contributed by atoms with E-state index in [9.17, 15) is 40.2 Å². The Kier molecular flexibility index (Phi) is 15.8. The van der Waals surface area contributed by atoms with Gasteiger partial charge in [-0.2, -0.15) is 0 Å². The van der Waals surface area contributed by atoms with Crippen LogP contribution in [0.15, 0.2) is 11.5 Å². The van der Waals surface area contributed by atoms with Gasteiger partial charge in [0.2, 0.25) is 12.0 Å². The number of ether oxygens (including phenoxy) is 4. The van der Waals surface area contributed by atoms with Crippen molar-refractivity contribution in [1.82, 2.24) is 0 Å². The van der Waals surface area contributed by atoms with Gasteiger partial charge in [-0.3, -0.25) is 4.79 Å². The Morgan fingerprint density at radius 1 is 0.875 bits per heavy atom. The summed E-state index contributed by atoms with van der Waals surface area (Å²) in [7, 11) is 0. The summed E-state index contributed by atoms with van der Waals surface area (Å²) in [4.78, 5) is 24.2. The van der Waals surface area contributed by atoms with E-state index in [-0.39, 0.29) is 6.42 Å². The summed E-state index contributed by atoms with van der Waals surface area (Å²) in [5.41, 5.74) is 0. The molecule has 2 heterocycles. The number of hydrogen-bond acceptors (Lipinski definition) is 12. The predicted molar refractivity (Wildman–Crippen MR) is 142 cm³/mol. The smallest absolute Gasteiger partial charge is 0.378 e. The largest absolute Gasteiger partial charge is 0.505 e. The van der Waals surface area contributed by atoms with Crippen LogP contribution in [0.2, 0.25) is 0 Å². The van der Waals surface area contributed by atoms with Crippen LogP contribution in [0.5, 0.6) is 0 Å². The Morgan fingerprint density at radius 2 is 1.43 bits per heavy atom. The summed E-state index contributed by atoms with van der Waals surface area (Å²) in [5.74, 6) is -3.31. The van der Waals surface area contributed by atoms with E-state index in [0.717, 1.165) is 19.3 Å².